The molecule has 0 saturated carbocycles. The maximum Gasteiger partial charge on any atom is 0.410 e. The summed E-state index contributed by atoms with van der Waals surface area (Å²) < 4.78 is 43.7. The topological polar surface area (TPSA) is 65.1 Å². The lowest BCUT2D eigenvalue weighted by Gasteiger charge is -2.47. The first-order valence-electron chi connectivity index (χ1n) is 9.27. The number of amides is 1. The van der Waals surface area contributed by atoms with Crippen molar-refractivity contribution >= 4 is 11.9 Å². The third kappa shape index (κ3) is 4.11. The van der Waals surface area contributed by atoms with Gasteiger partial charge >= 0.3 is 6.09 Å². The van der Waals surface area contributed by atoms with Crippen LogP contribution in [0.1, 0.15) is 44.0 Å². The van der Waals surface area contributed by atoms with Gasteiger partial charge in [0, 0.05) is 12.0 Å². The van der Waals surface area contributed by atoms with Crippen LogP contribution >= 0.6 is 0 Å². The molecule has 2 aliphatic heterocycles. The molecular weight excluding hydrogens is 372 g/mol. The van der Waals surface area contributed by atoms with E-state index < -0.39 is 35.0 Å². The van der Waals surface area contributed by atoms with Crippen LogP contribution in [0, 0.1) is 17.6 Å². The van der Waals surface area contributed by atoms with E-state index in [-0.39, 0.29) is 36.6 Å². The lowest BCUT2D eigenvalue weighted by atomic mass is 9.80. The molecule has 0 aliphatic carbocycles. The normalized spacial score (nSPS) is 24.6. The number of methoxy groups -OCH3 is 1. The van der Waals surface area contributed by atoms with Crippen molar-refractivity contribution < 1.29 is 32.6 Å². The molecule has 2 atom stereocenters. The van der Waals surface area contributed by atoms with Gasteiger partial charge in [-0.1, -0.05) is 0 Å². The van der Waals surface area contributed by atoms with E-state index in [1.54, 1.807) is 25.7 Å². The average Bonchev–Trinajstić information content (AvgIpc) is 2.57. The number of Topliss-reactive ketones (excluding diaryl/α,β-unsaturated/α-hetero) is 1. The molecule has 1 aromatic carbocycles. The zero-order valence-corrected chi connectivity index (χ0v) is 16.5. The first kappa shape index (κ1) is 20.5. The average molecular weight is 397 g/mol. The van der Waals surface area contributed by atoms with Crippen LogP contribution in [-0.4, -0.2) is 54.8 Å². The van der Waals surface area contributed by atoms with Gasteiger partial charge in [-0.3, -0.25) is 9.69 Å². The fourth-order valence-electron chi connectivity index (χ4n) is 3.91. The Morgan fingerprint density at radius 1 is 1.14 bits per heavy atom. The number of benzene rings is 1. The van der Waals surface area contributed by atoms with Gasteiger partial charge in [-0.05, 0) is 39.7 Å². The van der Waals surface area contributed by atoms with E-state index in [9.17, 15) is 18.4 Å². The largest absolute Gasteiger partial charge is 0.493 e. The predicted molar refractivity (Wildman–Crippen MR) is 96.4 cm³/mol. The number of carbonyl (C=O) groups excluding carboxylic acids is 2. The molecule has 6 nitrogen and oxygen atoms in total. The van der Waals surface area contributed by atoms with Crippen molar-refractivity contribution in [3.8, 4) is 5.75 Å². The summed E-state index contributed by atoms with van der Waals surface area (Å²) in [6.45, 7) is 5.94. The summed E-state index contributed by atoms with van der Waals surface area (Å²) in [6, 6.07) is 1.02. The predicted octanol–water partition coefficient (Wildman–Crippen LogP) is 3.57. The molecule has 3 rings (SSSR count). The quantitative estimate of drug-likeness (QED) is 0.730. The van der Waals surface area contributed by atoms with Crippen molar-refractivity contribution in [2.75, 3.05) is 20.3 Å². The van der Waals surface area contributed by atoms with Crippen LogP contribution < -0.4 is 4.74 Å². The number of hydrogen-bond acceptors (Lipinski definition) is 5. The molecule has 0 aromatic heterocycles. The molecule has 2 bridgehead atoms. The van der Waals surface area contributed by atoms with Crippen molar-refractivity contribution in [2.24, 2.45) is 5.92 Å². The second kappa shape index (κ2) is 7.66. The Balaban J connectivity index is 1.83. The number of ether oxygens (including phenoxy) is 3. The minimum absolute atomic E-state index is 0.116. The van der Waals surface area contributed by atoms with E-state index >= 15 is 0 Å². The van der Waals surface area contributed by atoms with Gasteiger partial charge in [-0.2, -0.15) is 0 Å². The molecule has 8 heteroatoms. The fourth-order valence-corrected chi connectivity index (χ4v) is 3.91. The van der Waals surface area contributed by atoms with Gasteiger partial charge in [0.25, 0.3) is 0 Å². The molecule has 1 amide bonds. The molecule has 0 spiro atoms. The smallest absolute Gasteiger partial charge is 0.410 e. The Bertz CT molecular complexity index is 763. The highest BCUT2D eigenvalue weighted by atomic mass is 19.1. The standard InChI is InChI=1S/C20H25F2NO5/c1-20(2,3)28-19(25)23-13-5-11(6-14(23)10-27-9-13)17(24)15-7-12(21)8-16(22)18(15)26-4/h7-8,11,13-14H,5-6,9-10H2,1-4H3. The Morgan fingerprint density at radius 2 is 1.75 bits per heavy atom. The van der Waals surface area contributed by atoms with Gasteiger partial charge in [-0.25, -0.2) is 13.6 Å². The third-order valence-corrected chi connectivity index (χ3v) is 4.97. The van der Waals surface area contributed by atoms with Gasteiger partial charge in [0.15, 0.2) is 17.3 Å². The first-order chi connectivity index (χ1) is 13.1. The van der Waals surface area contributed by atoms with Gasteiger partial charge in [0.1, 0.15) is 11.4 Å². The van der Waals surface area contributed by atoms with Crippen LogP contribution in [0.25, 0.3) is 0 Å². The van der Waals surface area contributed by atoms with E-state index in [0.29, 0.717) is 18.9 Å². The lowest BCUT2D eigenvalue weighted by molar-refractivity contribution is -0.0861. The lowest BCUT2D eigenvalue weighted by Crippen LogP contribution is -2.60. The van der Waals surface area contributed by atoms with Crippen LogP contribution in [0.15, 0.2) is 12.1 Å². The number of ketones is 1. The number of halogens is 2. The highest BCUT2D eigenvalue weighted by molar-refractivity contribution is 6.00. The minimum atomic E-state index is -0.916. The number of rotatable bonds is 3. The molecule has 154 valence electrons. The molecule has 2 heterocycles. The van der Waals surface area contributed by atoms with Gasteiger partial charge in [0.2, 0.25) is 0 Å². The number of fused-ring (bicyclic) bond motifs is 2. The number of morpholine rings is 1. The summed E-state index contributed by atoms with van der Waals surface area (Å²) >= 11 is 0. The Kier molecular flexibility index (Phi) is 5.61. The van der Waals surface area contributed by atoms with Crippen molar-refractivity contribution in [3.05, 3.63) is 29.3 Å². The van der Waals surface area contributed by atoms with E-state index in [1.165, 1.54) is 7.11 Å². The second-order valence-electron chi connectivity index (χ2n) is 8.23. The van der Waals surface area contributed by atoms with Gasteiger partial charge in [0.05, 0.1) is 38.0 Å². The summed E-state index contributed by atoms with van der Waals surface area (Å²) in [4.78, 5) is 27.3. The molecule has 2 fully saturated rings. The van der Waals surface area contributed by atoms with Gasteiger partial charge in [-0.15, -0.1) is 0 Å². The summed E-state index contributed by atoms with van der Waals surface area (Å²) in [5.41, 5.74) is -0.750. The SMILES string of the molecule is COc1c(F)cc(F)cc1C(=O)C1CC2COCC(C1)N2C(=O)OC(C)(C)C. The van der Waals surface area contributed by atoms with Crippen LogP contribution in [-0.2, 0) is 9.47 Å². The third-order valence-electron chi connectivity index (χ3n) is 4.97. The van der Waals surface area contributed by atoms with Gasteiger partial charge < -0.3 is 14.2 Å². The second-order valence-corrected chi connectivity index (χ2v) is 8.23. The monoisotopic (exact) mass is 397 g/mol. The summed E-state index contributed by atoms with van der Waals surface area (Å²) in [5.74, 6) is -2.90. The van der Waals surface area contributed by atoms with E-state index in [0.717, 1.165) is 6.07 Å². The fraction of sp³-hybridized carbons (Fsp3) is 0.600. The van der Waals surface area contributed by atoms with Crippen molar-refractivity contribution in [1.29, 1.82) is 0 Å². The Hall–Kier alpha value is -2.22. The molecule has 28 heavy (non-hydrogen) atoms. The zero-order valence-electron chi connectivity index (χ0n) is 16.5. The maximum absolute atomic E-state index is 14.0. The summed E-state index contributed by atoms with van der Waals surface area (Å²) in [5, 5.41) is 0. The van der Waals surface area contributed by atoms with Crippen LogP contribution in [0.4, 0.5) is 13.6 Å². The van der Waals surface area contributed by atoms with Crippen molar-refractivity contribution in [3.63, 3.8) is 0 Å². The Morgan fingerprint density at radius 3 is 2.29 bits per heavy atom. The molecule has 0 radical (unpaired) electrons. The number of nitrogens with zero attached hydrogens (tertiary/aromatic N) is 1. The van der Waals surface area contributed by atoms with E-state index in [2.05, 4.69) is 0 Å². The van der Waals surface area contributed by atoms with Crippen molar-refractivity contribution in [2.45, 2.75) is 51.3 Å². The zero-order chi connectivity index (χ0) is 20.6. The summed E-state index contributed by atoms with van der Waals surface area (Å²) in [6.07, 6.45) is 0.220. The molecule has 2 saturated heterocycles. The minimum Gasteiger partial charge on any atom is -0.493 e. The van der Waals surface area contributed by atoms with Crippen LogP contribution in [0.2, 0.25) is 0 Å². The summed E-state index contributed by atoms with van der Waals surface area (Å²) in [7, 11) is 1.24. The Labute approximate surface area is 162 Å². The molecule has 0 N–H and O–H groups in total. The van der Waals surface area contributed by atoms with Crippen LogP contribution in [0.5, 0.6) is 5.75 Å². The van der Waals surface area contributed by atoms with E-state index in [1.807, 2.05) is 0 Å². The molecule has 2 aliphatic rings. The highest BCUT2D eigenvalue weighted by Gasteiger charge is 2.45. The molecule has 1 aromatic rings. The van der Waals surface area contributed by atoms with Crippen LogP contribution in [0.3, 0.4) is 0 Å². The number of carbonyl (C=O) groups is 2. The first-order valence-corrected chi connectivity index (χ1v) is 9.27. The highest BCUT2D eigenvalue weighted by Crippen LogP contribution is 2.36. The van der Waals surface area contributed by atoms with Crippen molar-refractivity contribution in [1.82, 2.24) is 4.90 Å². The maximum atomic E-state index is 14.0. The molecular formula is C20H25F2NO5. The van der Waals surface area contributed by atoms with E-state index in [4.69, 9.17) is 14.2 Å². The number of hydrogen-bond donors (Lipinski definition) is 0. The number of piperidine rings is 1. The molecule has 2 unspecified atom stereocenters.